The van der Waals surface area contributed by atoms with Gasteiger partial charge in [0.2, 0.25) is 11.7 Å². The first kappa shape index (κ1) is 11.2. The smallest absolute Gasteiger partial charge is 0.373 e. The highest BCUT2D eigenvalue weighted by molar-refractivity contribution is 5.86. The van der Waals surface area contributed by atoms with Gasteiger partial charge in [-0.15, -0.1) is 0 Å². The molecule has 0 bridgehead atoms. The number of hydrogen-bond acceptors (Lipinski definition) is 4. The van der Waals surface area contributed by atoms with Crippen molar-refractivity contribution >= 4 is 5.97 Å². The predicted octanol–water partition coefficient (Wildman–Crippen LogP) is 2.31. The van der Waals surface area contributed by atoms with Gasteiger partial charge >= 0.3 is 5.97 Å². The van der Waals surface area contributed by atoms with Gasteiger partial charge in [0.15, 0.2) is 0 Å². The highest BCUT2D eigenvalue weighted by Gasteiger charge is 2.18. The van der Waals surface area contributed by atoms with E-state index < -0.39 is 5.97 Å². The minimum Gasteiger partial charge on any atom is -0.508 e. The van der Waals surface area contributed by atoms with Crippen LogP contribution in [0.1, 0.15) is 23.2 Å². The molecule has 17 heavy (non-hydrogen) atoms. The van der Waals surface area contributed by atoms with Crippen molar-refractivity contribution in [3.63, 3.8) is 0 Å². The molecule has 0 amide bonds. The summed E-state index contributed by atoms with van der Waals surface area (Å²) in [6.45, 7) is 1.80. The number of benzene rings is 1. The summed E-state index contributed by atoms with van der Waals surface area (Å²) in [5.41, 5.74) is 0.947. The van der Waals surface area contributed by atoms with Crippen molar-refractivity contribution in [1.82, 2.24) is 4.98 Å². The van der Waals surface area contributed by atoms with Gasteiger partial charge in [-0.25, -0.2) is 9.78 Å². The Balaban J connectivity index is 2.50. The predicted molar refractivity (Wildman–Crippen MR) is 59.9 cm³/mol. The minimum absolute atomic E-state index is 0.0793. The number of oxazole rings is 1. The van der Waals surface area contributed by atoms with Crippen LogP contribution in [-0.4, -0.2) is 21.2 Å². The van der Waals surface area contributed by atoms with Crippen LogP contribution in [0.2, 0.25) is 0 Å². The van der Waals surface area contributed by atoms with E-state index in [0.29, 0.717) is 17.7 Å². The summed E-state index contributed by atoms with van der Waals surface area (Å²) in [5, 5.41) is 18.3. The van der Waals surface area contributed by atoms with Crippen LogP contribution in [0.15, 0.2) is 28.7 Å². The number of phenolic OH excluding ortho intramolecular Hbond substituents is 1. The lowest BCUT2D eigenvalue weighted by Gasteiger charge is -1.95. The molecule has 1 aromatic heterocycles. The molecular weight excluding hydrogens is 222 g/mol. The van der Waals surface area contributed by atoms with Crippen LogP contribution in [0.3, 0.4) is 0 Å². The first-order chi connectivity index (χ1) is 8.11. The van der Waals surface area contributed by atoms with Gasteiger partial charge in [-0.1, -0.05) is 13.0 Å². The van der Waals surface area contributed by atoms with E-state index in [1.807, 2.05) is 0 Å². The normalized spacial score (nSPS) is 10.4. The zero-order valence-electron chi connectivity index (χ0n) is 9.17. The quantitative estimate of drug-likeness (QED) is 0.849. The summed E-state index contributed by atoms with van der Waals surface area (Å²) in [5.74, 6) is -1.00. The third-order valence-corrected chi connectivity index (χ3v) is 2.32. The first-order valence-electron chi connectivity index (χ1n) is 5.14. The minimum atomic E-state index is -1.14. The fourth-order valence-corrected chi connectivity index (χ4v) is 1.52. The number of aryl methyl sites for hydroxylation is 1. The first-order valence-corrected chi connectivity index (χ1v) is 5.14. The Morgan fingerprint density at radius 1 is 1.47 bits per heavy atom. The maximum absolute atomic E-state index is 10.9. The monoisotopic (exact) mass is 233 g/mol. The molecule has 0 aliphatic carbocycles. The molecule has 2 aromatic rings. The summed E-state index contributed by atoms with van der Waals surface area (Å²) >= 11 is 0. The Morgan fingerprint density at radius 3 is 2.76 bits per heavy atom. The van der Waals surface area contributed by atoms with E-state index in [4.69, 9.17) is 9.52 Å². The molecule has 88 valence electrons. The SMILES string of the molecule is CCc1nc(-c2cccc(O)c2)oc1C(=O)O. The average molecular weight is 233 g/mol. The Bertz CT molecular complexity index is 559. The van der Waals surface area contributed by atoms with Crippen LogP contribution in [0.5, 0.6) is 5.75 Å². The number of aromatic nitrogens is 1. The van der Waals surface area contributed by atoms with Gasteiger partial charge in [-0.3, -0.25) is 0 Å². The number of rotatable bonds is 3. The van der Waals surface area contributed by atoms with E-state index in [1.54, 1.807) is 19.1 Å². The van der Waals surface area contributed by atoms with Crippen molar-refractivity contribution in [2.24, 2.45) is 0 Å². The molecule has 2 N–H and O–H groups in total. The maximum Gasteiger partial charge on any atom is 0.373 e. The zero-order valence-corrected chi connectivity index (χ0v) is 9.17. The number of nitrogens with zero attached hydrogens (tertiary/aromatic N) is 1. The van der Waals surface area contributed by atoms with Crippen molar-refractivity contribution in [3.05, 3.63) is 35.7 Å². The molecule has 0 fully saturated rings. The number of carbonyl (C=O) groups is 1. The lowest BCUT2D eigenvalue weighted by Crippen LogP contribution is -1.98. The fraction of sp³-hybridized carbons (Fsp3) is 0.167. The molecule has 0 atom stereocenters. The van der Waals surface area contributed by atoms with Crippen LogP contribution in [0, 0.1) is 0 Å². The summed E-state index contributed by atoms with van der Waals surface area (Å²) < 4.78 is 5.19. The van der Waals surface area contributed by atoms with E-state index in [2.05, 4.69) is 4.98 Å². The molecule has 0 aliphatic rings. The van der Waals surface area contributed by atoms with Crippen molar-refractivity contribution in [2.75, 3.05) is 0 Å². The summed E-state index contributed by atoms with van der Waals surface area (Å²) in [6.07, 6.45) is 0.476. The van der Waals surface area contributed by atoms with Gasteiger partial charge in [0.25, 0.3) is 0 Å². The fourth-order valence-electron chi connectivity index (χ4n) is 1.52. The lowest BCUT2D eigenvalue weighted by molar-refractivity contribution is 0.0662. The zero-order chi connectivity index (χ0) is 12.4. The van der Waals surface area contributed by atoms with Gasteiger partial charge < -0.3 is 14.6 Å². The van der Waals surface area contributed by atoms with Gasteiger partial charge in [0.05, 0.1) is 5.69 Å². The van der Waals surface area contributed by atoms with E-state index in [-0.39, 0.29) is 17.4 Å². The summed E-state index contributed by atoms with van der Waals surface area (Å²) in [6, 6.07) is 6.32. The number of carboxylic acids is 1. The summed E-state index contributed by atoms with van der Waals surface area (Å²) in [4.78, 5) is 15.0. The molecule has 1 heterocycles. The Labute approximate surface area is 97.3 Å². The third-order valence-electron chi connectivity index (χ3n) is 2.32. The van der Waals surface area contributed by atoms with E-state index >= 15 is 0 Å². The number of carboxylic acid groups (broad SMARTS) is 1. The second-order valence-electron chi connectivity index (χ2n) is 3.50. The Morgan fingerprint density at radius 2 is 2.24 bits per heavy atom. The molecule has 0 radical (unpaired) electrons. The lowest BCUT2D eigenvalue weighted by atomic mass is 10.2. The Kier molecular flexibility index (Phi) is 2.82. The van der Waals surface area contributed by atoms with E-state index in [0.717, 1.165) is 0 Å². The van der Waals surface area contributed by atoms with Gasteiger partial charge in [-0.2, -0.15) is 0 Å². The number of hydrogen-bond donors (Lipinski definition) is 2. The van der Waals surface area contributed by atoms with E-state index in [9.17, 15) is 9.90 Å². The molecule has 0 saturated heterocycles. The molecule has 0 spiro atoms. The number of aromatic hydroxyl groups is 1. The highest BCUT2D eigenvalue weighted by atomic mass is 16.4. The van der Waals surface area contributed by atoms with E-state index in [1.165, 1.54) is 12.1 Å². The molecular formula is C12H11NO4. The average Bonchev–Trinajstić information content (AvgIpc) is 2.73. The Hall–Kier alpha value is -2.30. The maximum atomic E-state index is 10.9. The van der Waals surface area contributed by atoms with Crippen LogP contribution < -0.4 is 0 Å². The second kappa shape index (κ2) is 4.29. The molecule has 1 aromatic carbocycles. The molecule has 0 saturated carbocycles. The van der Waals surface area contributed by atoms with Gasteiger partial charge in [0.1, 0.15) is 5.75 Å². The van der Waals surface area contributed by atoms with Gasteiger partial charge in [0, 0.05) is 5.56 Å². The summed E-state index contributed by atoms with van der Waals surface area (Å²) in [7, 11) is 0. The molecule has 2 rings (SSSR count). The van der Waals surface area contributed by atoms with Crippen LogP contribution >= 0.6 is 0 Å². The topological polar surface area (TPSA) is 83.6 Å². The number of phenols is 1. The molecule has 0 unspecified atom stereocenters. The largest absolute Gasteiger partial charge is 0.508 e. The second-order valence-corrected chi connectivity index (χ2v) is 3.50. The highest BCUT2D eigenvalue weighted by Crippen LogP contribution is 2.25. The third kappa shape index (κ3) is 2.13. The van der Waals surface area contributed by atoms with Crippen molar-refractivity contribution < 1.29 is 19.4 Å². The van der Waals surface area contributed by atoms with Crippen LogP contribution in [0.25, 0.3) is 11.5 Å². The molecule has 5 nitrogen and oxygen atoms in total. The standard InChI is InChI=1S/C12H11NO4/c1-2-9-10(12(15)16)17-11(13-9)7-4-3-5-8(14)6-7/h3-6,14H,2H2,1H3,(H,15,16). The van der Waals surface area contributed by atoms with Gasteiger partial charge in [-0.05, 0) is 24.6 Å². The van der Waals surface area contributed by atoms with Crippen LogP contribution in [0.4, 0.5) is 0 Å². The number of aromatic carboxylic acids is 1. The van der Waals surface area contributed by atoms with Crippen molar-refractivity contribution in [2.45, 2.75) is 13.3 Å². The van der Waals surface area contributed by atoms with Crippen LogP contribution in [-0.2, 0) is 6.42 Å². The molecule has 5 heteroatoms. The molecule has 0 aliphatic heterocycles. The van der Waals surface area contributed by atoms with Crippen molar-refractivity contribution in [1.29, 1.82) is 0 Å². The van der Waals surface area contributed by atoms with Crippen molar-refractivity contribution in [3.8, 4) is 17.2 Å².